The molecular formula is C22H23FN2O3. The molecule has 0 fully saturated rings. The van der Waals surface area contributed by atoms with E-state index in [0.717, 1.165) is 22.3 Å². The van der Waals surface area contributed by atoms with Gasteiger partial charge in [-0.05, 0) is 54.8 Å². The number of unbranched alkanes of at least 4 members (excludes halogenated alkanes) is 1. The molecule has 1 N–H and O–H groups in total. The van der Waals surface area contributed by atoms with Gasteiger partial charge in [0.05, 0.1) is 26.3 Å². The Morgan fingerprint density at radius 3 is 2.79 bits per heavy atom. The number of benzene rings is 2. The molecule has 1 aromatic heterocycles. The molecule has 0 saturated heterocycles. The Labute approximate surface area is 163 Å². The van der Waals surface area contributed by atoms with Crippen molar-refractivity contribution < 1.29 is 18.3 Å². The quantitative estimate of drug-likeness (QED) is 0.535. The fourth-order valence-corrected chi connectivity index (χ4v) is 3.01. The molecule has 0 saturated carbocycles. The Balaban J connectivity index is 1.63. The van der Waals surface area contributed by atoms with E-state index in [1.165, 1.54) is 12.1 Å². The molecule has 0 spiro atoms. The van der Waals surface area contributed by atoms with E-state index in [0.29, 0.717) is 49.6 Å². The molecule has 0 unspecified atom stereocenters. The molecule has 0 aliphatic rings. The molecule has 3 aromatic rings. The number of furan rings is 1. The van der Waals surface area contributed by atoms with E-state index in [1.54, 1.807) is 13.2 Å². The lowest BCUT2D eigenvalue weighted by atomic mass is 10.1. The molecule has 1 heterocycles. The highest BCUT2D eigenvalue weighted by Crippen LogP contribution is 2.29. The van der Waals surface area contributed by atoms with Gasteiger partial charge in [-0.1, -0.05) is 6.07 Å². The Kier molecular flexibility index (Phi) is 6.51. The number of nitriles is 1. The van der Waals surface area contributed by atoms with Crippen molar-refractivity contribution in [2.45, 2.75) is 32.9 Å². The van der Waals surface area contributed by atoms with Crippen LogP contribution in [-0.2, 0) is 13.1 Å². The summed E-state index contributed by atoms with van der Waals surface area (Å²) in [5.41, 5.74) is 2.67. The second-order valence-electron chi connectivity index (χ2n) is 6.49. The molecule has 0 aliphatic carbocycles. The predicted octanol–water partition coefficient (Wildman–Crippen LogP) is 4.86. The van der Waals surface area contributed by atoms with Gasteiger partial charge in [-0.15, -0.1) is 0 Å². The number of halogens is 1. The van der Waals surface area contributed by atoms with Gasteiger partial charge in [-0.25, -0.2) is 4.39 Å². The number of nitrogens with zero attached hydrogens (tertiary/aromatic N) is 1. The average Bonchev–Trinajstić information content (AvgIpc) is 3.01. The standard InChI is InChI=1S/C22H23FN2O3/c1-15-18-12-17(23)6-8-19(18)28-22(15)14-25-13-16-5-7-20(26-2)21(11-16)27-10-4-3-9-24/h5-8,11-12,25H,3-4,10,13-14H2,1-2H3. The lowest BCUT2D eigenvalue weighted by Gasteiger charge is -2.12. The minimum Gasteiger partial charge on any atom is -0.493 e. The van der Waals surface area contributed by atoms with Gasteiger partial charge in [0.2, 0.25) is 0 Å². The number of hydrogen-bond donors (Lipinski definition) is 1. The van der Waals surface area contributed by atoms with Crippen LogP contribution in [0.2, 0.25) is 0 Å². The average molecular weight is 382 g/mol. The van der Waals surface area contributed by atoms with Gasteiger partial charge >= 0.3 is 0 Å². The van der Waals surface area contributed by atoms with Crippen LogP contribution in [0.1, 0.15) is 29.7 Å². The van der Waals surface area contributed by atoms with Crippen molar-refractivity contribution in [1.29, 1.82) is 5.26 Å². The van der Waals surface area contributed by atoms with E-state index < -0.39 is 0 Å². The highest BCUT2D eigenvalue weighted by atomic mass is 19.1. The first-order valence-corrected chi connectivity index (χ1v) is 9.17. The van der Waals surface area contributed by atoms with E-state index in [4.69, 9.17) is 19.2 Å². The van der Waals surface area contributed by atoms with Crippen LogP contribution in [0.25, 0.3) is 11.0 Å². The molecule has 2 aromatic carbocycles. The van der Waals surface area contributed by atoms with Gasteiger partial charge < -0.3 is 19.2 Å². The van der Waals surface area contributed by atoms with Crippen LogP contribution in [0, 0.1) is 24.1 Å². The van der Waals surface area contributed by atoms with E-state index in [-0.39, 0.29) is 5.82 Å². The van der Waals surface area contributed by atoms with Gasteiger partial charge in [-0.2, -0.15) is 5.26 Å². The van der Waals surface area contributed by atoms with Crippen LogP contribution >= 0.6 is 0 Å². The molecule has 3 rings (SSSR count). The molecule has 146 valence electrons. The predicted molar refractivity (Wildman–Crippen MR) is 105 cm³/mol. The summed E-state index contributed by atoms with van der Waals surface area (Å²) in [6.07, 6.45) is 1.14. The summed E-state index contributed by atoms with van der Waals surface area (Å²) in [4.78, 5) is 0. The van der Waals surface area contributed by atoms with Crippen LogP contribution in [0.4, 0.5) is 4.39 Å². The van der Waals surface area contributed by atoms with E-state index in [9.17, 15) is 4.39 Å². The van der Waals surface area contributed by atoms with Crippen molar-refractivity contribution in [2.24, 2.45) is 0 Å². The van der Waals surface area contributed by atoms with Crippen molar-refractivity contribution in [3.05, 3.63) is 59.1 Å². The molecule has 5 nitrogen and oxygen atoms in total. The van der Waals surface area contributed by atoms with Crippen LogP contribution < -0.4 is 14.8 Å². The largest absolute Gasteiger partial charge is 0.493 e. The van der Waals surface area contributed by atoms with Crippen molar-refractivity contribution in [3.8, 4) is 17.6 Å². The number of hydrogen-bond acceptors (Lipinski definition) is 5. The normalized spacial score (nSPS) is 10.8. The number of methoxy groups -OCH3 is 1. The Morgan fingerprint density at radius 1 is 1.14 bits per heavy atom. The maximum absolute atomic E-state index is 13.4. The summed E-state index contributed by atoms with van der Waals surface area (Å²) < 4.78 is 30.3. The maximum Gasteiger partial charge on any atom is 0.161 e. The molecule has 0 atom stereocenters. The van der Waals surface area contributed by atoms with Crippen LogP contribution in [0.15, 0.2) is 40.8 Å². The third kappa shape index (κ3) is 4.62. The third-order valence-corrected chi connectivity index (χ3v) is 4.53. The zero-order valence-electron chi connectivity index (χ0n) is 16.0. The Bertz CT molecular complexity index is 991. The number of aryl methyl sites for hydroxylation is 1. The molecule has 0 amide bonds. The fourth-order valence-electron chi connectivity index (χ4n) is 3.01. The molecule has 0 aliphatic heterocycles. The minimum atomic E-state index is -0.267. The zero-order valence-corrected chi connectivity index (χ0v) is 16.0. The first-order chi connectivity index (χ1) is 13.6. The van der Waals surface area contributed by atoms with Gasteiger partial charge in [-0.3, -0.25) is 0 Å². The minimum absolute atomic E-state index is 0.267. The second-order valence-corrected chi connectivity index (χ2v) is 6.49. The summed E-state index contributed by atoms with van der Waals surface area (Å²) >= 11 is 0. The maximum atomic E-state index is 13.4. The van der Waals surface area contributed by atoms with Crippen molar-refractivity contribution in [2.75, 3.05) is 13.7 Å². The van der Waals surface area contributed by atoms with Gasteiger partial charge in [0.25, 0.3) is 0 Å². The van der Waals surface area contributed by atoms with Gasteiger partial charge in [0.1, 0.15) is 17.2 Å². The molecule has 0 bridgehead atoms. The highest BCUT2D eigenvalue weighted by molar-refractivity contribution is 5.82. The summed E-state index contributed by atoms with van der Waals surface area (Å²) in [5.74, 6) is 1.85. The van der Waals surface area contributed by atoms with Crippen LogP contribution in [0.5, 0.6) is 11.5 Å². The fraction of sp³-hybridized carbons (Fsp3) is 0.318. The molecule has 6 heteroatoms. The van der Waals surface area contributed by atoms with Crippen molar-refractivity contribution in [3.63, 3.8) is 0 Å². The first kappa shape index (κ1) is 19.7. The number of fused-ring (bicyclic) bond motifs is 1. The topological polar surface area (TPSA) is 67.4 Å². The summed E-state index contributed by atoms with van der Waals surface area (Å²) in [6, 6.07) is 12.4. The second kappa shape index (κ2) is 9.25. The summed E-state index contributed by atoms with van der Waals surface area (Å²) in [7, 11) is 1.60. The van der Waals surface area contributed by atoms with Crippen molar-refractivity contribution in [1.82, 2.24) is 5.32 Å². The van der Waals surface area contributed by atoms with Crippen molar-refractivity contribution >= 4 is 11.0 Å². The van der Waals surface area contributed by atoms with Gasteiger partial charge in [0, 0.05) is 18.4 Å². The number of rotatable bonds is 9. The first-order valence-electron chi connectivity index (χ1n) is 9.17. The molecular weight excluding hydrogens is 359 g/mol. The summed E-state index contributed by atoms with van der Waals surface area (Å²) in [5, 5.41) is 12.8. The highest BCUT2D eigenvalue weighted by Gasteiger charge is 2.11. The third-order valence-electron chi connectivity index (χ3n) is 4.53. The molecule has 0 radical (unpaired) electrons. The van der Waals surface area contributed by atoms with E-state index in [1.807, 2.05) is 25.1 Å². The van der Waals surface area contributed by atoms with Crippen LogP contribution in [0.3, 0.4) is 0 Å². The van der Waals surface area contributed by atoms with Gasteiger partial charge in [0.15, 0.2) is 11.5 Å². The van der Waals surface area contributed by atoms with E-state index >= 15 is 0 Å². The summed E-state index contributed by atoms with van der Waals surface area (Å²) in [6.45, 7) is 3.55. The van der Waals surface area contributed by atoms with E-state index in [2.05, 4.69) is 11.4 Å². The smallest absolute Gasteiger partial charge is 0.161 e. The SMILES string of the molecule is COc1ccc(CNCc2oc3ccc(F)cc3c2C)cc1OCCCC#N. The lowest BCUT2D eigenvalue weighted by molar-refractivity contribution is 0.290. The zero-order chi connectivity index (χ0) is 19.9. The number of ether oxygens (including phenoxy) is 2. The Hall–Kier alpha value is -3.04. The lowest BCUT2D eigenvalue weighted by Crippen LogP contribution is -2.13. The monoisotopic (exact) mass is 382 g/mol. The molecule has 28 heavy (non-hydrogen) atoms. The Morgan fingerprint density at radius 2 is 2.00 bits per heavy atom. The van der Waals surface area contributed by atoms with Crippen LogP contribution in [-0.4, -0.2) is 13.7 Å². The number of nitrogens with one attached hydrogen (secondary N) is 1.